The van der Waals surface area contributed by atoms with Gasteiger partial charge in [-0.05, 0) is 18.2 Å². The van der Waals surface area contributed by atoms with Crippen LogP contribution < -0.4 is 10.9 Å². The summed E-state index contributed by atoms with van der Waals surface area (Å²) in [6.45, 7) is 0. The zero-order valence-electron chi connectivity index (χ0n) is 10.8. The van der Waals surface area contributed by atoms with Gasteiger partial charge in [-0.2, -0.15) is 0 Å². The van der Waals surface area contributed by atoms with Crippen LogP contribution in [0.15, 0.2) is 47.4 Å². The number of H-pyrrole nitrogens is 1. The highest BCUT2D eigenvalue weighted by Gasteiger charge is 2.08. The lowest BCUT2D eigenvalue weighted by Crippen LogP contribution is -2.17. The minimum Gasteiger partial charge on any atom is -0.355 e. The number of aromatic nitrogens is 3. The first-order valence-electron chi connectivity index (χ1n) is 6.08. The van der Waals surface area contributed by atoms with Crippen LogP contribution in [0, 0.1) is 0 Å². The molecule has 3 rings (SSSR count). The van der Waals surface area contributed by atoms with Crippen molar-refractivity contribution in [3.63, 3.8) is 0 Å². The molecule has 0 spiro atoms. The van der Waals surface area contributed by atoms with E-state index in [2.05, 4.69) is 15.4 Å². The molecule has 3 aromatic rings. The van der Waals surface area contributed by atoms with Gasteiger partial charge in [-0.3, -0.25) is 14.7 Å². The smallest absolute Gasteiger partial charge is 0.263 e. The lowest BCUT2D eigenvalue weighted by Gasteiger charge is -2.03. The van der Waals surface area contributed by atoms with Crippen molar-refractivity contribution >= 4 is 11.6 Å². The van der Waals surface area contributed by atoms with E-state index < -0.39 is 0 Å². The van der Waals surface area contributed by atoms with E-state index in [1.165, 1.54) is 6.07 Å². The second kappa shape index (κ2) is 4.65. The Morgan fingerprint density at radius 2 is 1.95 bits per heavy atom. The Labute approximate surface area is 114 Å². The average Bonchev–Trinajstić information content (AvgIpc) is 2.89. The summed E-state index contributed by atoms with van der Waals surface area (Å²) in [6, 6.07) is 10.2. The fourth-order valence-corrected chi connectivity index (χ4v) is 2.04. The highest BCUT2D eigenvalue weighted by Crippen LogP contribution is 2.19. The highest BCUT2D eigenvalue weighted by molar-refractivity contribution is 5.94. The quantitative estimate of drug-likeness (QED) is 0.729. The van der Waals surface area contributed by atoms with Crippen LogP contribution in [-0.4, -0.2) is 27.6 Å². The molecule has 0 bridgehead atoms. The number of hydrogen-bond donors (Lipinski definition) is 2. The Morgan fingerprint density at radius 1 is 1.20 bits per heavy atom. The molecule has 0 atom stereocenters. The zero-order valence-corrected chi connectivity index (χ0v) is 10.8. The summed E-state index contributed by atoms with van der Waals surface area (Å²) in [5, 5.41) is 5.27. The van der Waals surface area contributed by atoms with Gasteiger partial charge >= 0.3 is 0 Å². The number of amides is 1. The molecule has 2 aromatic heterocycles. The van der Waals surface area contributed by atoms with Crippen LogP contribution in [0.5, 0.6) is 0 Å². The van der Waals surface area contributed by atoms with Crippen molar-refractivity contribution in [1.82, 2.24) is 19.9 Å². The lowest BCUT2D eigenvalue weighted by molar-refractivity contribution is 0.0963. The van der Waals surface area contributed by atoms with E-state index >= 15 is 0 Å². The van der Waals surface area contributed by atoms with E-state index in [-0.39, 0.29) is 11.5 Å². The molecule has 0 radical (unpaired) electrons. The maximum Gasteiger partial charge on any atom is 0.263 e. The monoisotopic (exact) mass is 268 g/mol. The van der Waals surface area contributed by atoms with E-state index in [1.54, 1.807) is 36.0 Å². The molecule has 0 aliphatic heterocycles. The van der Waals surface area contributed by atoms with E-state index in [9.17, 15) is 9.59 Å². The molecule has 2 N–H and O–H groups in total. The number of nitrogens with zero attached hydrogens (tertiary/aromatic N) is 2. The Kier molecular flexibility index (Phi) is 2.83. The molecule has 2 heterocycles. The van der Waals surface area contributed by atoms with Crippen LogP contribution in [0.3, 0.4) is 0 Å². The summed E-state index contributed by atoms with van der Waals surface area (Å²) in [5.41, 5.74) is 2.68. The molecule has 0 unspecified atom stereocenters. The molecule has 1 aromatic carbocycles. The number of hydrogen-bond acceptors (Lipinski definition) is 3. The van der Waals surface area contributed by atoms with Crippen molar-refractivity contribution in [2.75, 3.05) is 7.05 Å². The number of benzene rings is 1. The Morgan fingerprint density at radius 3 is 2.65 bits per heavy atom. The first-order chi connectivity index (χ1) is 9.69. The summed E-state index contributed by atoms with van der Waals surface area (Å²) in [5.74, 6) is -0.136. The Hall–Kier alpha value is -2.89. The number of carbonyl (C=O) groups excluding carboxylic acids is 1. The predicted octanol–water partition coefficient (Wildman–Crippen LogP) is 1.05. The van der Waals surface area contributed by atoms with E-state index in [0.717, 1.165) is 11.3 Å². The largest absolute Gasteiger partial charge is 0.355 e. The van der Waals surface area contributed by atoms with Gasteiger partial charge in [-0.25, -0.2) is 9.50 Å². The normalized spacial score (nSPS) is 10.7. The molecule has 0 saturated carbocycles. The summed E-state index contributed by atoms with van der Waals surface area (Å²) >= 11 is 0. The van der Waals surface area contributed by atoms with Crippen molar-refractivity contribution in [2.24, 2.45) is 0 Å². The van der Waals surface area contributed by atoms with Crippen LogP contribution in [0.1, 0.15) is 10.4 Å². The number of imidazole rings is 1. The number of rotatable bonds is 2. The van der Waals surface area contributed by atoms with Crippen molar-refractivity contribution in [1.29, 1.82) is 0 Å². The van der Waals surface area contributed by atoms with Gasteiger partial charge in [-0.1, -0.05) is 12.1 Å². The first kappa shape index (κ1) is 12.2. The van der Waals surface area contributed by atoms with Crippen molar-refractivity contribution < 1.29 is 4.79 Å². The second-order valence-corrected chi connectivity index (χ2v) is 4.30. The SMILES string of the molecule is CNC(=O)c1ccc(-c2cnc3ccc(=O)[nH]n23)cc1. The summed E-state index contributed by atoms with van der Waals surface area (Å²) in [4.78, 5) is 27.1. The zero-order chi connectivity index (χ0) is 14.1. The Balaban J connectivity index is 2.09. The van der Waals surface area contributed by atoms with E-state index in [4.69, 9.17) is 0 Å². The van der Waals surface area contributed by atoms with Crippen molar-refractivity contribution in [2.45, 2.75) is 0 Å². The number of fused-ring (bicyclic) bond motifs is 1. The maximum absolute atomic E-state index is 11.5. The van der Waals surface area contributed by atoms with Gasteiger partial charge in [0.15, 0.2) is 5.65 Å². The van der Waals surface area contributed by atoms with Crippen LogP contribution >= 0.6 is 0 Å². The number of aromatic amines is 1. The summed E-state index contributed by atoms with van der Waals surface area (Å²) in [7, 11) is 1.59. The summed E-state index contributed by atoms with van der Waals surface area (Å²) < 4.78 is 1.62. The van der Waals surface area contributed by atoms with Crippen LogP contribution in [0.25, 0.3) is 16.9 Å². The average molecular weight is 268 g/mol. The topological polar surface area (TPSA) is 79.3 Å². The van der Waals surface area contributed by atoms with Crippen LogP contribution in [-0.2, 0) is 0 Å². The van der Waals surface area contributed by atoms with Gasteiger partial charge in [0.25, 0.3) is 11.5 Å². The first-order valence-corrected chi connectivity index (χ1v) is 6.08. The minimum absolute atomic E-state index is 0.136. The van der Waals surface area contributed by atoms with Gasteiger partial charge in [0, 0.05) is 24.2 Å². The van der Waals surface area contributed by atoms with Crippen LogP contribution in [0.2, 0.25) is 0 Å². The number of nitrogens with one attached hydrogen (secondary N) is 2. The lowest BCUT2D eigenvalue weighted by atomic mass is 10.1. The molecule has 100 valence electrons. The molecular formula is C14H12N4O2. The second-order valence-electron chi connectivity index (χ2n) is 4.30. The molecule has 1 amide bonds. The highest BCUT2D eigenvalue weighted by atomic mass is 16.1. The molecule has 0 fully saturated rings. The molecule has 6 heteroatoms. The molecule has 0 aliphatic carbocycles. The third-order valence-corrected chi connectivity index (χ3v) is 3.06. The maximum atomic E-state index is 11.5. The van der Waals surface area contributed by atoms with Crippen molar-refractivity contribution in [3.05, 3.63) is 58.5 Å². The van der Waals surface area contributed by atoms with E-state index in [1.807, 2.05) is 12.1 Å². The molecule has 20 heavy (non-hydrogen) atoms. The van der Waals surface area contributed by atoms with E-state index in [0.29, 0.717) is 11.2 Å². The molecule has 0 saturated heterocycles. The van der Waals surface area contributed by atoms with Gasteiger partial charge < -0.3 is 5.32 Å². The van der Waals surface area contributed by atoms with Gasteiger partial charge in [-0.15, -0.1) is 0 Å². The summed E-state index contributed by atoms with van der Waals surface area (Å²) in [6.07, 6.45) is 1.68. The molecule has 0 aliphatic rings. The van der Waals surface area contributed by atoms with Gasteiger partial charge in [0.05, 0.1) is 11.9 Å². The third-order valence-electron chi connectivity index (χ3n) is 3.06. The standard InChI is InChI=1S/C14H12N4O2/c1-15-14(20)10-4-2-9(3-5-10)11-8-16-12-6-7-13(19)17-18(11)12/h2-8H,1H3,(H,15,20)(H,17,19). The Bertz CT molecular complexity index is 830. The third kappa shape index (κ3) is 1.97. The molecule has 6 nitrogen and oxygen atoms in total. The fourth-order valence-electron chi connectivity index (χ4n) is 2.04. The van der Waals surface area contributed by atoms with Crippen LogP contribution in [0.4, 0.5) is 0 Å². The van der Waals surface area contributed by atoms with Gasteiger partial charge in [0.1, 0.15) is 0 Å². The predicted molar refractivity (Wildman–Crippen MR) is 74.6 cm³/mol. The number of carbonyl (C=O) groups is 1. The molecular weight excluding hydrogens is 256 g/mol. The van der Waals surface area contributed by atoms with Crippen molar-refractivity contribution in [3.8, 4) is 11.3 Å². The minimum atomic E-state index is -0.196. The van der Waals surface area contributed by atoms with Gasteiger partial charge in [0.2, 0.25) is 0 Å². The fraction of sp³-hybridized carbons (Fsp3) is 0.0714.